The molecule has 0 amide bonds. The van der Waals surface area contributed by atoms with E-state index in [0.29, 0.717) is 27.5 Å². The van der Waals surface area contributed by atoms with Crippen LogP contribution in [0.4, 0.5) is 0 Å². The van der Waals surface area contributed by atoms with Crippen molar-refractivity contribution in [2.45, 2.75) is 10.9 Å². The fraction of sp³-hybridized carbons (Fsp3) is 0.222. The molecule has 1 aromatic heterocycles. The number of nitrogens with one attached hydrogen (secondary N) is 1. The molecule has 1 N–H and O–H groups in total. The maximum Gasteiger partial charge on any atom is 0.209 e. The summed E-state index contributed by atoms with van der Waals surface area (Å²) in [6, 6.07) is 11.1. The van der Waals surface area contributed by atoms with Gasteiger partial charge in [0.05, 0.1) is 26.9 Å². The summed E-state index contributed by atoms with van der Waals surface area (Å²) < 4.78 is 16.0. The number of rotatable bonds is 7. The highest BCUT2D eigenvalue weighted by atomic mass is 35.5. The van der Waals surface area contributed by atoms with Gasteiger partial charge in [0.25, 0.3) is 0 Å². The van der Waals surface area contributed by atoms with Gasteiger partial charge in [0.15, 0.2) is 5.82 Å². The van der Waals surface area contributed by atoms with E-state index in [4.69, 9.17) is 25.8 Å². The topological polar surface area (TPSA) is 69.3 Å². The lowest BCUT2D eigenvalue weighted by Gasteiger charge is -2.09. The van der Waals surface area contributed by atoms with Gasteiger partial charge in [-0.25, -0.2) is 4.98 Å². The standard InChI is InChI=1S/C18H18ClN3O3S/c1-23-13-5-7-15(24-2)11(8-13)10-26-18-20-17(21-22-18)14-9-12(19)4-6-16(14)25-3/h4-9H,10H2,1-3H3,(H,20,21,22). The first-order chi connectivity index (χ1) is 12.6. The quantitative estimate of drug-likeness (QED) is 0.600. The van der Waals surface area contributed by atoms with Gasteiger partial charge in [0.1, 0.15) is 17.2 Å². The van der Waals surface area contributed by atoms with E-state index in [1.807, 2.05) is 18.2 Å². The Labute approximate surface area is 160 Å². The number of hydrogen-bond donors (Lipinski definition) is 1. The number of methoxy groups -OCH3 is 3. The van der Waals surface area contributed by atoms with Gasteiger partial charge in [-0.3, -0.25) is 5.10 Å². The van der Waals surface area contributed by atoms with E-state index in [-0.39, 0.29) is 0 Å². The molecule has 0 bridgehead atoms. The molecule has 136 valence electrons. The number of nitrogens with zero attached hydrogens (tertiary/aromatic N) is 2. The lowest BCUT2D eigenvalue weighted by atomic mass is 10.2. The molecule has 0 aliphatic heterocycles. The van der Waals surface area contributed by atoms with Crippen molar-refractivity contribution in [3.05, 3.63) is 47.0 Å². The number of thioether (sulfide) groups is 1. The maximum atomic E-state index is 6.09. The third-order valence-electron chi connectivity index (χ3n) is 3.73. The van der Waals surface area contributed by atoms with E-state index < -0.39 is 0 Å². The first kappa shape index (κ1) is 18.4. The van der Waals surface area contributed by atoms with Gasteiger partial charge in [-0.05, 0) is 36.4 Å². The predicted octanol–water partition coefficient (Wildman–Crippen LogP) is 4.44. The molecular weight excluding hydrogens is 374 g/mol. The van der Waals surface area contributed by atoms with Crippen molar-refractivity contribution < 1.29 is 14.2 Å². The average molecular weight is 392 g/mol. The van der Waals surface area contributed by atoms with Crippen LogP contribution < -0.4 is 14.2 Å². The number of hydrogen-bond acceptors (Lipinski definition) is 6. The SMILES string of the molecule is COc1ccc(OC)c(CSc2n[nH]c(-c3cc(Cl)ccc3OC)n2)c1. The molecule has 0 fully saturated rings. The van der Waals surface area contributed by atoms with Crippen molar-refractivity contribution in [3.63, 3.8) is 0 Å². The predicted molar refractivity (Wildman–Crippen MR) is 102 cm³/mol. The van der Waals surface area contributed by atoms with Crippen LogP contribution in [-0.2, 0) is 5.75 Å². The maximum absolute atomic E-state index is 6.09. The van der Waals surface area contributed by atoms with Gasteiger partial charge in [-0.2, -0.15) is 0 Å². The average Bonchev–Trinajstić information content (AvgIpc) is 3.15. The zero-order valence-corrected chi connectivity index (χ0v) is 16.1. The molecule has 0 aliphatic rings. The molecule has 0 spiro atoms. The lowest BCUT2D eigenvalue weighted by molar-refractivity contribution is 0.400. The van der Waals surface area contributed by atoms with Crippen molar-refractivity contribution in [2.24, 2.45) is 0 Å². The summed E-state index contributed by atoms with van der Waals surface area (Å²) in [4.78, 5) is 4.53. The van der Waals surface area contributed by atoms with Crippen LogP contribution in [0.15, 0.2) is 41.6 Å². The zero-order chi connectivity index (χ0) is 18.5. The van der Waals surface area contributed by atoms with Gasteiger partial charge >= 0.3 is 0 Å². The third kappa shape index (κ3) is 4.05. The normalized spacial score (nSPS) is 10.6. The highest BCUT2D eigenvalue weighted by Crippen LogP contribution is 2.33. The van der Waals surface area contributed by atoms with Crippen LogP contribution in [-0.4, -0.2) is 36.5 Å². The summed E-state index contributed by atoms with van der Waals surface area (Å²) in [7, 11) is 4.89. The molecule has 3 aromatic rings. The fourth-order valence-electron chi connectivity index (χ4n) is 2.43. The Bertz CT molecular complexity index is 901. The third-order valence-corrected chi connectivity index (χ3v) is 4.86. The Kier molecular flexibility index (Phi) is 5.90. The van der Waals surface area contributed by atoms with Crippen LogP contribution >= 0.6 is 23.4 Å². The molecule has 0 atom stereocenters. The van der Waals surface area contributed by atoms with Crippen LogP contribution in [0.3, 0.4) is 0 Å². The summed E-state index contributed by atoms with van der Waals surface area (Å²) in [5, 5.41) is 8.42. The van der Waals surface area contributed by atoms with Crippen LogP contribution in [0.2, 0.25) is 5.02 Å². The van der Waals surface area contributed by atoms with Gasteiger partial charge < -0.3 is 14.2 Å². The van der Waals surface area contributed by atoms with Crippen LogP contribution in [0, 0.1) is 0 Å². The van der Waals surface area contributed by atoms with Crippen LogP contribution in [0.25, 0.3) is 11.4 Å². The smallest absolute Gasteiger partial charge is 0.209 e. The van der Waals surface area contributed by atoms with Crippen molar-refractivity contribution in [1.29, 1.82) is 0 Å². The van der Waals surface area contributed by atoms with Crippen molar-refractivity contribution in [2.75, 3.05) is 21.3 Å². The molecule has 3 rings (SSSR count). The summed E-state index contributed by atoms with van der Waals surface area (Å²) in [5.74, 6) is 3.50. The molecular formula is C18H18ClN3O3S. The summed E-state index contributed by atoms with van der Waals surface area (Å²) in [6.07, 6.45) is 0. The monoisotopic (exact) mass is 391 g/mol. The summed E-state index contributed by atoms with van der Waals surface area (Å²) >= 11 is 7.58. The molecule has 1 heterocycles. The second-order valence-electron chi connectivity index (χ2n) is 5.28. The molecule has 2 aromatic carbocycles. The minimum absolute atomic E-state index is 0.601. The molecule has 26 heavy (non-hydrogen) atoms. The molecule has 0 saturated carbocycles. The van der Waals surface area contributed by atoms with Crippen LogP contribution in [0.1, 0.15) is 5.56 Å². The molecule has 0 aliphatic carbocycles. The summed E-state index contributed by atoms with van der Waals surface area (Å²) in [5.41, 5.74) is 1.77. The Morgan fingerprint density at radius 3 is 2.50 bits per heavy atom. The van der Waals surface area contributed by atoms with Crippen molar-refractivity contribution in [3.8, 4) is 28.6 Å². The van der Waals surface area contributed by atoms with Crippen molar-refractivity contribution in [1.82, 2.24) is 15.2 Å². The first-order valence-corrected chi connectivity index (χ1v) is 9.11. The minimum Gasteiger partial charge on any atom is -0.497 e. The van der Waals surface area contributed by atoms with E-state index in [9.17, 15) is 0 Å². The Hall–Kier alpha value is -2.38. The molecule has 6 nitrogen and oxygen atoms in total. The second-order valence-corrected chi connectivity index (χ2v) is 6.66. The van der Waals surface area contributed by atoms with Gasteiger partial charge in [0, 0.05) is 16.3 Å². The van der Waals surface area contributed by atoms with Gasteiger partial charge in [-0.15, -0.1) is 5.10 Å². The second kappa shape index (κ2) is 8.33. The Balaban J connectivity index is 1.79. The lowest BCUT2D eigenvalue weighted by Crippen LogP contribution is -1.92. The molecule has 8 heteroatoms. The Morgan fingerprint density at radius 2 is 1.77 bits per heavy atom. The number of aromatic nitrogens is 3. The van der Waals surface area contributed by atoms with Gasteiger partial charge in [-0.1, -0.05) is 23.4 Å². The van der Waals surface area contributed by atoms with E-state index in [0.717, 1.165) is 22.6 Å². The molecule has 0 saturated heterocycles. The number of aromatic amines is 1. The van der Waals surface area contributed by atoms with E-state index >= 15 is 0 Å². The first-order valence-electron chi connectivity index (χ1n) is 7.74. The fourth-order valence-corrected chi connectivity index (χ4v) is 3.38. The van der Waals surface area contributed by atoms with Crippen molar-refractivity contribution >= 4 is 23.4 Å². The zero-order valence-electron chi connectivity index (χ0n) is 14.6. The minimum atomic E-state index is 0.601. The van der Waals surface area contributed by atoms with E-state index in [1.165, 1.54) is 11.8 Å². The molecule has 0 radical (unpaired) electrons. The van der Waals surface area contributed by atoms with Gasteiger partial charge in [0.2, 0.25) is 5.16 Å². The largest absolute Gasteiger partial charge is 0.497 e. The number of halogens is 1. The highest BCUT2D eigenvalue weighted by molar-refractivity contribution is 7.98. The number of ether oxygens (including phenoxy) is 3. The number of H-pyrrole nitrogens is 1. The highest BCUT2D eigenvalue weighted by Gasteiger charge is 2.13. The van der Waals surface area contributed by atoms with E-state index in [2.05, 4.69) is 15.2 Å². The molecule has 0 unspecified atom stereocenters. The van der Waals surface area contributed by atoms with Crippen LogP contribution in [0.5, 0.6) is 17.2 Å². The van der Waals surface area contributed by atoms with E-state index in [1.54, 1.807) is 39.5 Å². The summed E-state index contributed by atoms with van der Waals surface area (Å²) in [6.45, 7) is 0. The number of benzene rings is 2. The Morgan fingerprint density at radius 1 is 1.00 bits per heavy atom.